The molecule has 0 amide bonds. The fourth-order valence-electron chi connectivity index (χ4n) is 1.38. The molecule has 1 unspecified atom stereocenters. The van der Waals surface area contributed by atoms with E-state index in [4.69, 9.17) is 0 Å². The molecule has 0 bridgehead atoms. The monoisotopic (exact) mass is 207 g/mol. The Kier molecular flexibility index (Phi) is 3.28. The predicted octanol–water partition coefficient (Wildman–Crippen LogP) is -0.818. The topological polar surface area (TPSA) is 70.2 Å². The summed E-state index contributed by atoms with van der Waals surface area (Å²) in [5.41, 5.74) is 2.67. The minimum absolute atomic E-state index is 0.165. The SMILES string of the molecule is CC1(NNS(C)(=O)=O)CCCNC1. The van der Waals surface area contributed by atoms with Gasteiger partial charge in [-0.1, -0.05) is 0 Å². The van der Waals surface area contributed by atoms with Crippen LogP contribution in [0.25, 0.3) is 0 Å². The molecule has 1 saturated heterocycles. The van der Waals surface area contributed by atoms with Crippen LogP contribution in [0.5, 0.6) is 0 Å². The van der Waals surface area contributed by atoms with E-state index in [-0.39, 0.29) is 5.54 Å². The molecule has 1 aliphatic heterocycles. The number of rotatable bonds is 3. The van der Waals surface area contributed by atoms with E-state index in [2.05, 4.69) is 15.6 Å². The minimum atomic E-state index is -3.15. The summed E-state index contributed by atoms with van der Waals surface area (Å²) in [6.07, 6.45) is 3.18. The molecule has 13 heavy (non-hydrogen) atoms. The van der Waals surface area contributed by atoms with Crippen LogP contribution in [0.15, 0.2) is 0 Å². The Balaban J connectivity index is 2.42. The lowest BCUT2D eigenvalue weighted by Crippen LogP contribution is -2.59. The Labute approximate surface area is 79.3 Å². The number of piperidine rings is 1. The number of nitrogens with one attached hydrogen (secondary N) is 3. The minimum Gasteiger partial charge on any atom is -0.315 e. The van der Waals surface area contributed by atoms with Gasteiger partial charge in [-0.05, 0) is 26.3 Å². The van der Waals surface area contributed by atoms with Crippen LogP contribution < -0.4 is 15.6 Å². The second kappa shape index (κ2) is 3.91. The van der Waals surface area contributed by atoms with Crippen molar-refractivity contribution in [2.24, 2.45) is 0 Å². The fourth-order valence-corrected chi connectivity index (χ4v) is 1.81. The largest absolute Gasteiger partial charge is 0.315 e. The van der Waals surface area contributed by atoms with Crippen molar-refractivity contribution in [2.45, 2.75) is 25.3 Å². The standard InChI is InChI=1S/C7H17N3O2S/c1-7(4-3-5-8-6-7)9-10-13(2,11)12/h8-10H,3-6H2,1-2H3. The molecule has 6 heteroatoms. The van der Waals surface area contributed by atoms with Gasteiger partial charge in [-0.3, -0.25) is 0 Å². The van der Waals surface area contributed by atoms with Gasteiger partial charge in [0.2, 0.25) is 10.0 Å². The molecule has 1 heterocycles. The van der Waals surface area contributed by atoms with E-state index in [0.29, 0.717) is 0 Å². The predicted molar refractivity (Wildman–Crippen MR) is 51.6 cm³/mol. The molecule has 3 N–H and O–H groups in total. The highest BCUT2D eigenvalue weighted by molar-refractivity contribution is 7.88. The highest BCUT2D eigenvalue weighted by Gasteiger charge is 2.26. The van der Waals surface area contributed by atoms with Crippen molar-refractivity contribution in [1.29, 1.82) is 0 Å². The summed E-state index contributed by atoms with van der Waals surface area (Å²) < 4.78 is 21.6. The Hall–Kier alpha value is -0.170. The zero-order valence-electron chi connectivity index (χ0n) is 8.05. The first-order valence-corrected chi connectivity index (χ1v) is 6.25. The van der Waals surface area contributed by atoms with Crippen LogP contribution in [0.4, 0.5) is 0 Å². The van der Waals surface area contributed by atoms with Crippen molar-refractivity contribution < 1.29 is 8.42 Å². The van der Waals surface area contributed by atoms with E-state index >= 15 is 0 Å². The van der Waals surface area contributed by atoms with Gasteiger partial charge in [-0.15, -0.1) is 0 Å². The number of hydrogen-bond acceptors (Lipinski definition) is 4. The highest BCUT2D eigenvalue weighted by Crippen LogP contribution is 2.13. The zero-order valence-corrected chi connectivity index (χ0v) is 8.87. The van der Waals surface area contributed by atoms with Crippen molar-refractivity contribution in [3.8, 4) is 0 Å². The first-order valence-electron chi connectivity index (χ1n) is 4.36. The number of sulfonamides is 1. The van der Waals surface area contributed by atoms with Crippen molar-refractivity contribution in [2.75, 3.05) is 19.3 Å². The summed E-state index contributed by atoms with van der Waals surface area (Å²) in [5.74, 6) is 0. The molecule has 1 atom stereocenters. The van der Waals surface area contributed by atoms with Crippen LogP contribution >= 0.6 is 0 Å². The van der Waals surface area contributed by atoms with E-state index in [1.807, 2.05) is 6.92 Å². The summed E-state index contributed by atoms with van der Waals surface area (Å²) in [6.45, 7) is 3.79. The third kappa shape index (κ3) is 4.04. The molecular formula is C7H17N3O2S. The molecule has 0 aliphatic carbocycles. The number of hydrazine groups is 1. The van der Waals surface area contributed by atoms with Crippen LogP contribution in [-0.2, 0) is 10.0 Å². The van der Waals surface area contributed by atoms with Crippen molar-refractivity contribution >= 4 is 10.0 Å². The van der Waals surface area contributed by atoms with E-state index in [9.17, 15) is 8.42 Å². The summed E-state index contributed by atoms with van der Waals surface area (Å²) >= 11 is 0. The smallest absolute Gasteiger partial charge is 0.221 e. The summed E-state index contributed by atoms with van der Waals surface area (Å²) in [5, 5.41) is 3.21. The van der Waals surface area contributed by atoms with Crippen molar-refractivity contribution in [3.05, 3.63) is 0 Å². The van der Waals surface area contributed by atoms with Crippen molar-refractivity contribution in [3.63, 3.8) is 0 Å². The lowest BCUT2D eigenvalue weighted by molar-refractivity contribution is 0.261. The second-order valence-electron chi connectivity index (χ2n) is 3.84. The zero-order chi connectivity index (χ0) is 9.95. The quantitative estimate of drug-likeness (QED) is 0.529. The summed E-state index contributed by atoms with van der Waals surface area (Å²) in [6, 6.07) is 0. The number of hydrogen-bond donors (Lipinski definition) is 3. The molecule has 1 rings (SSSR count). The molecule has 0 spiro atoms. The molecule has 0 saturated carbocycles. The first-order chi connectivity index (χ1) is 5.91. The summed E-state index contributed by atoms with van der Waals surface area (Å²) in [7, 11) is -3.15. The third-order valence-electron chi connectivity index (χ3n) is 2.14. The van der Waals surface area contributed by atoms with Gasteiger partial charge >= 0.3 is 0 Å². The molecule has 1 fully saturated rings. The highest BCUT2D eigenvalue weighted by atomic mass is 32.2. The average molecular weight is 207 g/mol. The molecule has 0 radical (unpaired) electrons. The van der Waals surface area contributed by atoms with Crippen LogP contribution in [0.3, 0.4) is 0 Å². The van der Waals surface area contributed by atoms with E-state index in [1.165, 1.54) is 0 Å². The molecular weight excluding hydrogens is 190 g/mol. The van der Waals surface area contributed by atoms with Gasteiger partial charge in [0.1, 0.15) is 0 Å². The molecule has 0 aromatic carbocycles. The van der Waals surface area contributed by atoms with Gasteiger partial charge in [0.25, 0.3) is 0 Å². The summed E-state index contributed by atoms with van der Waals surface area (Å²) in [4.78, 5) is 2.31. The van der Waals surface area contributed by atoms with Crippen LogP contribution in [0.1, 0.15) is 19.8 Å². The van der Waals surface area contributed by atoms with E-state index in [0.717, 1.165) is 32.2 Å². The maximum atomic E-state index is 10.8. The molecule has 0 aromatic rings. The van der Waals surface area contributed by atoms with Crippen LogP contribution in [0.2, 0.25) is 0 Å². The van der Waals surface area contributed by atoms with E-state index in [1.54, 1.807) is 0 Å². The molecule has 5 nitrogen and oxygen atoms in total. The Morgan fingerprint density at radius 1 is 1.46 bits per heavy atom. The Morgan fingerprint density at radius 2 is 2.15 bits per heavy atom. The maximum absolute atomic E-state index is 10.8. The second-order valence-corrected chi connectivity index (χ2v) is 5.59. The van der Waals surface area contributed by atoms with Gasteiger partial charge in [0.05, 0.1) is 6.26 Å². The van der Waals surface area contributed by atoms with Crippen LogP contribution in [-0.4, -0.2) is 33.3 Å². The first kappa shape index (κ1) is 10.9. The molecule has 1 aliphatic rings. The lowest BCUT2D eigenvalue weighted by Gasteiger charge is -2.34. The van der Waals surface area contributed by atoms with Crippen LogP contribution in [0, 0.1) is 0 Å². The van der Waals surface area contributed by atoms with Gasteiger partial charge in [-0.2, -0.15) is 4.83 Å². The lowest BCUT2D eigenvalue weighted by atomic mass is 9.94. The average Bonchev–Trinajstić information content (AvgIpc) is 2.02. The van der Waals surface area contributed by atoms with Gasteiger partial charge in [-0.25, -0.2) is 13.8 Å². The molecule has 78 valence electrons. The fraction of sp³-hybridized carbons (Fsp3) is 1.00. The van der Waals surface area contributed by atoms with Gasteiger partial charge in [0, 0.05) is 12.1 Å². The normalized spacial score (nSPS) is 30.3. The maximum Gasteiger partial charge on any atom is 0.221 e. The molecule has 0 aromatic heterocycles. The van der Waals surface area contributed by atoms with Gasteiger partial charge in [0.15, 0.2) is 0 Å². The van der Waals surface area contributed by atoms with Gasteiger partial charge < -0.3 is 5.32 Å². The third-order valence-corrected chi connectivity index (χ3v) is 2.61. The Bertz CT molecular complexity index is 257. The van der Waals surface area contributed by atoms with E-state index < -0.39 is 10.0 Å². The van der Waals surface area contributed by atoms with Crippen molar-refractivity contribution in [1.82, 2.24) is 15.6 Å². The Morgan fingerprint density at radius 3 is 2.62 bits per heavy atom.